The van der Waals surface area contributed by atoms with Gasteiger partial charge in [0.2, 0.25) is 0 Å². The lowest BCUT2D eigenvalue weighted by atomic mass is 9.52. The minimum Gasteiger partial charge on any atom is -0.170 e. The van der Waals surface area contributed by atoms with Gasteiger partial charge in [-0.05, 0) is 23.3 Å². The van der Waals surface area contributed by atoms with Crippen LogP contribution in [-0.4, -0.2) is 6.18 Å². The van der Waals surface area contributed by atoms with Crippen LogP contribution in [0.4, 0.5) is 13.2 Å². The van der Waals surface area contributed by atoms with Gasteiger partial charge in [0.15, 0.2) is 0 Å². The molecule has 3 heteroatoms. The molecule has 0 amide bonds. The number of benzene rings is 1. The van der Waals surface area contributed by atoms with Crippen LogP contribution in [-0.2, 0) is 5.41 Å². The van der Waals surface area contributed by atoms with Crippen molar-refractivity contribution in [1.29, 1.82) is 0 Å². The fourth-order valence-corrected chi connectivity index (χ4v) is 2.40. The molecule has 0 aromatic heterocycles. The van der Waals surface area contributed by atoms with Crippen LogP contribution in [0.25, 0.3) is 0 Å². The first kappa shape index (κ1) is 16.1. The summed E-state index contributed by atoms with van der Waals surface area (Å²) in [6.07, 6.45) is -4.30. The molecule has 0 bridgehead atoms. The third-order valence-electron chi connectivity index (χ3n) is 5.04. The summed E-state index contributed by atoms with van der Waals surface area (Å²) in [6, 6.07) is 8.21. The van der Waals surface area contributed by atoms with E-state index < -0.39 is 22.4 Å². The zero-order valence-electron chi connectivity index (χ0n) is 12.5. The standard InChI is InChI=1S/C16H23F3/c1-13(2,3)14(4,5)15(6,16(17,18)19)12-10-8-7-9-11-12/h7-11H,1-6H3. The van der Waals surface area contributed by atoms with Crippen LogP contribution in [0.15, 0.2) is 30.3 Å². The highest BCUT2D eigenvalue weighted by molar-refractivity contribution is 5.30. The predicted octanol–water partition coefficient (Wildman–Crippen LogP) is 5.58. The van der Waals surface area contributed by atoms with Crippen molar-refractivity contribution in [2.45, 2.75) is 53.1 Å². The van der Waals surface area contributed by atoms with Crippen molar-refractivity contribution in [3.05, 3.63) is 35.9 Å². The Morgan fingerprint density at radius 1 is 0.737 bits per heavy atom. The fourth-order valence-electron chi connectivity index (χ4n) is 2.40. The first-order valence-electron chi connectivity index (χ1n) is 6.48. The van der Waals surface area contributed by atoms with E-state index >= 15 is 0 Å². The lowest BCUT2D eigenvalue weighted by molar-refractivity contribution is -0.232. The largest absolute Gasteiger partial charge is 0.398 e. The number of alkyl halides is 3. The summed E-state index contributed by atoms with van der Waals surface area (Å²) in [6.45, 7) is 10.3. The topological polar surface area (TPSA) is 0 Å². The quantitative estimate of drug-likeness (QED) is 0.659. The lowest BCUT2D eigenvalue weighted by Gasteiger charge is -2.53. The van der Waals surface area contributed by atoms with Crippen LogP contribution >= 0.6 is 0 Å². The molecule has 1 aromatic carbocycles. The Balaban J connectivity index is 3.57. The van der Waals surface area contributed by atoms with Crippen LogP contribution in [0.1, 0.15) is 47.1 Å². The van der Waals surface area contributed by atoms with Gasteiger partial charge in [-0.3, -0.25) is 0 Å². The molecule has 0 spiro atoms. The number of halogens is 3. The molecule has 1 rings (SSSR count). The molecule has 0 aliphatic heterocycles. The zero-order chi connectivity index (χ0) is 15.1. The maximum absolute atomic E-state index is 13.8. The number of hydrogen-bond acceptors (Lipinski definition) is 0. The maximum Gasteiger partial charge on any atom is 0.398 e. The molecule has 0 heterocycles. The van der Waals surface area contributed by atoms with Crippen LogP contribution in [0, 0.1) is 10.8 Å². The Morgan fingerprint density at radius 3 is 1.47 bits per heavy atom. The van der Waals surface area contributed by atoms with E-state index in [0.29, 0.717) is 5.56 Å². The summed E-state index contributed by atoms with van der Waals surface area (Å²) in [5.74, 6) is 0. The molecule has 1 atom stereocenters. The molecular weight excluding hydrogens is 249 g/mol. The van der Waals surface area contributed by atoms with E-state index in [2.05, 4.69) is 0 Å². The number of hydrogen-bond donors (Lipinski definition) is 0. The van der Waals surface area contributed by atoms with Crippen molar-refractivity contribution in [2.75, 3.05) is 0 Å². The molecular formula is C16H23F3. The van der Waals surface area contributed by atoms with Gasteiger partial charge >= 0.3 is 6.18 Å². The second-order valence-corrected chi connectivity index (χ2v) is 6.86. The first-order chi connectivity index (χ1) is 8.36. The summed E-state index contributed by atoms with van der Waals surface area (Å²) in [7, 11) is 0. The molecule has 108 valence electrons. The highest BCUT2D eigenvalue weighted by atomic mass is 19.4. The fraction of sp³-hybridized carbons (Fsp3) is 0.625. The normalized spacial score (nSPS) is 17.1. The molecule has 0 nitrogen and oxygen atoms in total. The summed E-state index contributed by atoms with van der Waals surface area (Å²) < 4.78 is 41.4. The molecule has 0 saturated heterocycles. The summed E-state index contributed by atoms with van der Waals surface area (Å²) in [4.78, 5) is 0. The zero-order valence-corrected chi connectivity index (χ0v) is 12.5. The van der Waals surface area contributed by atoms with Crippen molar-refractivity contribution in [3.8, 4) is 0 Å². The predicted molar refractivity (Wildman–Crippen MR) is 73.1 cm³/mol. The minimum absolute atomic E-state index is 0.322. The molecule has 1 unspecified atom stereocenters. The molecule has 0 saturated carbocycles. The first-order valence-corrected chi connectivity index (χ1v) is 6.48. The van der Waals surface area contributed by atoms with Gasteiger partial charge in [-0.2, -0.15) is 13.2 Å². The average molecular weight is 272 g/mol. The third-order valence-corrected chi connectivity index (χ3v) is 5.04. The van der Waals surface area contributed by atoms with Gasteiger partial charge in [-0.1, -0.05) is 65.0 Å². The Labute approximate surface area is 114 Å². The third kappa shape index (κ3) is 2.39. The summed E-state index contributed by atoms with van der Waals surface area (Å²) >= 11 is 0. The minimum atomic E-state index is -4.30. The average Bonchev–Trinajstić information content (AvgIpc) is 2.25. The van der Waals surface area contributed by atoms with Crippen molar-refractivity contribution in [3.63, 3.8) is 0 Å². The van der Waals surface area contributed by atoms with E-state index in [1.165, 1.54) is 6.92 Å². The Hall–Kier alpha value is -0.990. The summed E-state index contributed by atoms with van der Waals surface area (Å²) in [5.41, 5.74) is -2.99. The van der Waals surface area contributed by atoms with E-state index in [4.69, 9.17) is 0 Å². The van der Waals surface area contributed by atoms with Crippen LogP contribution in [0.3, 0.4) is 0 Å². The Bertz CT molecular complexity index is 424. The van der Waals surface area contributed by atoms with Crippen LogP contribution in [0.5, 0.6) is 0 Å². The van der Waals surface area contributed by atoms with Crippen molar-refractivity contribution < 1.29 is 13.2 Å². The molecule has 0 aliphatic rings. The van der Waals surface area contributed by atoms with Gasteiger partial charge in [-0.25, -0.2) is 0 Å². The van der Waals surface area contributed by atoms with Gasteiger partial charge in [0.05, 0.1) is 5.41 Å². The van der Waals surface area contributed by atoms with E-state index in [9.17, 15) is 13.2 Å². The van der Waals surface area contributed by atoms with Crippen molar-refractivity contribution >= 4 is 0 Å². The molecule has 0 aliphatic carbocycles. The highest BCUT2D eigenvalue weighted by Gasteiger charge is 2.63. The van der Waals surface area contributed by atoms with Gasteiger partial charge in [-0.15, -0.1) is 0 Å². The number of rotatable bonds is 2. The maximum atomic E-state index is 13.8. The van der Waals surface area contributed by atoms with Crippen molar-refractivity contribution in [1.82, 2.24) is 0 Å². The van der Waals surface area contributed by atoms with Gasteiger partial charge in [0.1, 0.15) is 0 Å². The van der Waals surface area contributed by atoms with Crippen LogP contribution in [0.2, 0.25) is 0 Å². The van der Waals surface area contributed by atoms with Gasteiger partial charge < -0.3 is 0 Å². The van der Waals surface area contributed by atoms with Crippen molar-refractivity contribution in [2.24, 2.45) is 10.8 Å². The second kappa shape index (κ2) is 4.53. The Morgan fingerprint density at radius 2 is 1.16 bits per heavy atom. The SMILES string of the molecule is CC(C)(C)C(C)(C)C(C)(c1ccccc1)C(F)(F)F. The van der Waals surface area contributed by atoms with Crippen LogP contribution < -0.4 is 0 Å². The van der Waals surface area contributed by atoms with E-state index in [1.54, 1.807) is 44.2 Å². The van der Waals surface area contributed by atoms with E-state index in [-0.39, 0.29) is 0 Å². The molecule has 0 fully saturated rings. The Kier molecular flexibility index (Phi) is 3.83. The van der Waals surface area contributed by atoms with E-state index in [0.717, 1.165) is 0 Å². The van der Waals surface area contributed by atoms with Gasteiger partial charge in [0.25, 0.3) is 0 Å². The summed E-state index contributed by atoms with van der Waals surface area (Å²) in [5, 5.41) is 0. The highest BCUT2D eigenvalue weighted by Crippen LogP contribution is 2.59. The smallest absolute Gasteiger partial charge is 0.170 e. The second-order valence-electron chi connectivity index (χ2n) is 6.86. The molecule has 0 N–H and O–H groups in total. The molecule has 1 aromatic rings. The lowest BCUT2D eigenvalue weighted by Crippen LogP contribution is -2.56. The molecule has 0 radical (unpaired) electrons. The van der Waals surface area contributed by atoms with E-state index in [1.807, 2.05) is 20.8 Å². The molecule has 19 heavy (non-hydrogen) atoms. The van der Waals surface area contributed by atoms with Gasteiger partial charge in [0, 0.05) is 0 Å². The monoisotopic (exact) mass is 272 g/mol.